The first-order chi connectivity index (χ1) is 10.1. The number of amides is 1. The molecule has 114 valence electrons. The third-order valence-electron chi connectivity index (χ3n) is 5.11. The van der Waals surface area contributed by atoms with Gasteiger partial charge in [0.1, 0.15) is 5.69 Å². The third kappa shape index (κ3) is 2.69. The van der Waals surface area contributed by atoms with Crippen LogP contribution in [0, 0.1) is 6.92 Å². The maximum atomic E-state index is 13.0. The van der Waals surface area contributed by atoms with Gasteiger partial charge in [-0.25, -0.2) is 0 Å². The van der Waals surface area contributed by atoms with E-state index in [1.807, 2.05) is 19.1 Å². The van der Waals surface area contributed by atoms with Gasteiger partial charge in [-0.1, -0.05) is 12.5 Å². The summed E-state index contributed by atoms with van der Waals surface area (Å²) in [5.41, 5.74) is 1.65. The van der Waals surface area contributed by atoms with Crippen molar-refractivity contribution in [1.29, 1.82) is 0 Å². The molecule has 3 rings (SSSR count). The minimum Gasteiger partial charge on any atom is -0.332 e. The van der Waals surface area contributed by atoms with E-state index in [-0.39, 0.29) is 11.4 Å². The first-order valence-electron chi connectivity index (χ1n) is 8.09. The Bertz CT molecular complexity index is 531. The van der Waals surface area contributed by atoms with Crippen LogP contribution in [0.1, 0.15) is 55.1 Å². The number of likely N-dealkylation sites (tertiary alicyclic amines) is 1. The zero-order chi connectivity index (χ0) is 14.9. The highest BCUT2D eigenvalue weighted by atomic mass is 16.2. The number of hydrogen-bond acceptors (Lipinski definition) is 3. The van der Waals surface area contributed by atoms with Crippen LogP contribution < -0.4 is 5.32 Å². The van der Waals surface area contributed by atoms with Gasteiger partial charge in [-0.15, -0.1) is 0 Å². The van der Waals surface area contributed by atoms with E-state index in [1.165, 1.54) is 12.8 Å². The van der Waals surface area contributed by atoms with Crippen LogP contribution in [0.3, 0.4) is 0 Å². The molecule has 2 fully saturated rings. The molecule has 0 unspecified atom stereocenters. The highest BCUT2D eigenvalue weighted by molar-refractivity contribution is 5.94. The molecule has 1 aromatic rings. The number of pyridine rings is 1. The van der Waals surface area contributed by atoms with Crippen LogP contribution in [0.15, 0.2) is 18.3 Å². The summed E-state index contributed by atoms with van der Waals surface area (Å²) in [6.07, 6.45) is 7.44. The number of hydrogen-bond donors (Lipinski definition) is 1. The number of carbonyl (C=O) groups is 1. The Labute approximate surface area is 126 Å². The molecule has 0 aliphatic carbocycles. The molecule has 4 heteroatoms. The molecular formula is C17H25N3O. The van der Waals surface area contributed by atoms with Crippen molar-refractivity contribution in [1.82, 2.24) is 15.2 Å². The van der Waals surface area contributed by atoms with Crippen molar-refractivity contribution in [3.63, 3.8) is 0 Å². The van der Waals surface area contributed by atoms with Crippen molar-refractivity contribution in [2.75, 3.05) is 13.1 Å². The molecule has 0 bridgehead atoms. The van der Waals surface area contributed by atoms with Crippen LogP contribution in [-0.4, -0.2) is 40.5 Å². The quantitative estimate of drug-likeness (QED) is 0.863. The SMILES string of the molecule is Cc1cccnc1C(=O)N1CCC[C@]2(C)NCCCC[C@H]12. The van der Waals surface area contributed by atoms with E-state index in [0.29, 0.717) is 11.7 Å². The Morgan fingerprint density at radius 3 is 3.10 bits per heavy atom. The Morgan fingerprint density at radius 1 is 1.43 bits per heavy atom. The van der Waals surface area contributed by atoms with Crippen molar-refractivity contribution in [2.24, 2.45) is 0 Å². The van der Waals surface area contributed by atoms with Crippen molar-refractivity contribution in [2.45, 2.75) is 57.5 Å². The molecule has 2 saturated heterocycles. The number of rotatable bonds is 1. The van der Waals surface area contributed by atoms with Gasteiger partial charge in [-0.2, -0.15) is 0 Å². The largest absolute Gasteiger partial charge is 0.332 e. The lowest BCUT2D eigenvalue weighted by molar-refractivity contribution is 0.0373. The Kier molecular flexibility index (Phi) is 3.98. The summed E-state index contributed by atoms with van der Waals surface area (Å²) in [6.45, 7) is 6.18. The van der Waals surface area contributed by atoms with Crippen LogP contribution >= 0.6 is 0 Å². The number of aromatic nitrogens is 1. The van der Waals surface area contributed by atoms with E-state index >= 15 is 0 Å². The molecule has 4 nitrogen and oxygen atoms in total. The maximum Gasteiger partial charge on any atom is 0.273 e. The van der Waals surface area contributed by atoms with Gasteiger partial charge in [0.15, 0.2) is 0 Å². The van der Waals surface area contributed by atoms with E-state index in [2.05, 4.69) is 22.1 Å². The van der Waals surface area contributed by atoms with Crippen LogP contribution in [0.2, 0.25) is 0 Å². The molecule has 0 aromatic carbocycles. The van der Waals surface area contributed by atoms with Gasteiger partial charge in [-0.05, 0) is 57.7 Å². The zero-order valence-electron chi connectivity index (χ0n) is 13.1. The molecule has 1 amide bonds. The lowest BCUT2D eigenvalue weighted by Gasteiger charge is -2.48. The summed E-state index contributed by atoms with van der Waals surface area (Å²) < 4.78 is 0. The third-order valence-corrected chi connectivity index (χ3v) is 5.11. The lowest BCUT2D eigenvalue weighted by atomic mass is 9.81. The van der Waals surface area contributed by atoms with Crippen LogP contribution in [0.4, 0.5) is 0 Å². The van der Waals surface area contributed by atoms with Gasteiger partial charge in [0.05, 0.1) is 0 Å². The predicted octanol–water partition coefficient (Wildman–Crippen LogP) is 2.53. The number of fused-ring (bicyclic) bond motifs is 1. The Balaban J connectivity index is 1.90. The second kappa shape index (κ2) is 5.76. The normalized spacial score (nSPS) is 29.6. The van der Waals surface area contributed by atoms with E-state index in [9.17, 15) is 4.79 Å². The van der Waals surface area contributed by atoms with Crippen molar-refractivity contribution in [3.05, 3.63) is 29.6 Å². The van der Waals surface area contributed by atoms with E-state index < -0.39 is 0 Å². The number of nitrogens with zero attached hydrogens (tertiary/aromatic N) is 2. The molecule has 21 heavy (non-hydrogen) atoms. The van der Waals surface area contributed by atoms with Crippen molar-refractivity contribution in [3.8, 4) is 0 Å². The molecule has 2 aliphatic rings. The number of piperidine rings is 1. The Morgan fingerprint density at radius 2 is 2.29 bits per heavy atom. The molecule has 2 aliphatic heterocycles. The fraction of sp³-hybridized carbons (Fsp3) is 0.647. The molecule has 0 radical (unpaired) electrons. The van der Waals surface area contributed by atoms with Gasteiger partial charge in [0.25, 0.3) is 5.91 Å². The molecule has 1 N–H and O–H groups in total. The van der Waals surface area contributed by atoms with Crippen LogP contribution in [0.5, 0.6) is 0 Å². The highest BCUT2D eigenvalue weighted by Gasteiger charge is 2.43. The summed E-state index contributed by atoms with van der Waals surface area (Å²) in [5.74, 6) is 0.104. The second-order valence-electron chi connectivity index (χ2n) is 6.63. The van der Waals surface area contributed by atoms with Gasteiger partial charge in [0, 0.05) is 24.3 Å². The molecule has 0 spiro atoms. The minimum atomic E-state index is 0.0626. The summed E-state index contributed by atoms with van der Waals surface area (Å²) >= 11 is 0. The zero-order valence-corrected chi connectivity index (χ0v) is 13.1. The molecule has 3 heterocycles. The standard InChI is InChI=1S/C17H25N3O/c1-13-7-5-10-18-15(13)16(21)20-12-6-9-17(2)14(20)8-3-4-11-19-17/h5,7,10,14,19H,3-4,6,8-9,11-12H2,1-2H3/t14-,17-/m0/s1. The summed E-state index contributed by atoms with van der Waals surface area (Å²) in [4.78, 5) is 19.4. The minimum absolute atomic E-state index is 0.0626. The smallest absolute Gasteiger partial charge is 0.273 e. The van der Waals surface area contributed by atoms with E-state index in [4.69, 9.17) is 0 Å². The molecular weight excluding hydrogens is 262 g/mol. The first-order valence-corrected chi connectivity index (χ1v) is 8.09. The molecule has 0 saturated carbocycles. The fourth-order valence-corrected chi connectivity index (χ4v) is 3.89. The van der Waals surface area contributed by atoms with E-state index in [0.717, 1.165) is 37.9 Å². The van der Waals surface area contributed by atoms with E-state index in [1.54, 1.807) is 6.20 Å². The van der Waals surface area contributed by atoms with Gasteiger partial charge < -0.3 is 10.2 Å². The average molecular weight is 287 g/mol. The van der Waals surface area contributed by atoms with Gasteiger partial charge in [0.2, 0.25) is 0 Å². The van der Waals surface area contributed by atoms with Crippen LogP contribution in [0.25, 0.3) is 0 Å². The van der Waals surface area contributed by atoms with Crippen molar-refractivity contribution >= 4 is 5.91 Å². The number of carbonyl (C=O) groups excluding carboxylic acids is 1. The lowest BCUT2D eigenvalue weighted by Crippen LogP contribution is -2.62. The topological polar surface area (TPSA) is 45.2 Å². The fourth-order valence-electron chi connectivity index (χ4n) is 3.89. The molecule has 2 atom stereocenters. The number of aryl methyl sites for hydroxylation is 1. The summed E-state index contributed by atoms with van der Waals surface area (Å²) in [6, 6.07) is 4.15. The molecule has 1 aromatic heterocycles. The second-order valence-corrected chi connectivity index (χ2v) is 6.63. The van der Waals surface area contributed by atoms with Crippen molar-refractivity contribution < 1.29 is 4.79 Å². The summed E-state index contributed by atoms with van der Waals surface area (Å²) in [7, 11) is 0. The van der Waals surface area contributed by atoms with Gasteiger partial charge >= 0.3 is 0 Å². The van der Waals surface area contributed by atoms with Gasteiger partial charge in [-0.3, -0.25) is 9.78 Å². The first kappa shape index (κ1) is 14.5. The maximum absolute atomic E-state index is 13.0. The Hall–Kier alpha value is -1.42. The summed E-state index contributed by atoms with van der Waals surface area (Å²) in [5, 5.41) is 3.70. The predicted molar refractivity (Wildman–Crippen MR) is 83.3 cm³/mol. The average Bonchev–Trinajstić information content (AvgIpc) is 2.68. The monoisotopic (exact) mass is 287 g/mol. The highest BCUT2D eigenvalue weighted by Crippen LogP contribution is 2.33. The van der Waals surface area contributed by atoms with Crippen LogP contribution in [-0.2, 0) is 0 Å². The number of nitrogens with one attached hydrogen (secondary N) is 1.